The predicted molar refractivity (Wildman–Crippen MR) is 97.3 cm³/mol. The van der Waals surface area contributed by atoms with Crippen LogP contribution in [0.5, 0.6) is 5.75 Å². The summed E-state index contributed by atoms with van der Waals surface area (Å²) in [6, 6.07) is 21.8. The van der Waals surface area contributed by atoms with Gasteiger partial charge in [-0.1, -0.05) is 53.7 Å². The molecular weight excluding hydrogens is 314 g/mol. The molecule has 0 saturated carbocycles. The molecule has 0 heterocycles. The van der Waals surface area contributed by atoms with Gasteiger partial charge in [0.15, 0.2) is 0 Å². The molecule has 0 unspecified atom stereocenters. The molecule has 0 amide bonds. The molecule has 0 aromatic heterocycles. The highest BCUT2D eigenvalue weighted by atomic mass is 16.4. The van der Waals surface area contributed by atoms with Crippen molar-refractivity contribution in [3.63, 3.8) is 0 Å². The highest BCUT2D eigenvalue weighted by molar-refractivity contribution is 6.14. The first-order chi connectivity index (χ1) is 12.2. The fourth-order valence-corrected chi connectivity index (χ4v) is 2.45. The van der Waals surface area contributed by atoms with Crippen molar-refractivity contribution in [3.05, 3.63) is 89.5 Å². The van der Waals surface area contributed by atoms with Gasteiger partial charge in [0.2, 0.25) is 0 Å². The van der Waals surface area contributed by atoms with Crippen LogP contribution in [-0.4, -0.2) is 16.0 Å². The van der Waals surface area contributed by atoms with Crippen LogP contribution < -0.4 is 0 Å². The monoisotopic (exact) mass is 331 g/mol. The zero-order valence-corrected chi connectivity index (χ0v) is 13.7. The highest BCUT2D eigenvalue weighted by Crippen LogP contribution is 2.31. The van der Waals surface area contributed by atoms with Gasteiger partial charge in [0.05, 0.1) is 11.4 Å². The van der Waals surface area contributed by atoms with E-state index >= 15 is 0 Å². The Bertz CT molecular complexity index is 920. The van der Waals surface area contributed by atoms with Crippen molar-refractivity contribution < 1.29 is 10.3 Å². The lowest BCUT2D eigenvalue weighted by molar-refractivity contribution is 0.319. The summed E-state index contributed by atoms with van der Waals surface area (Å²) in [5.74, 6) is 0.0211. The largest absolute Gasteiger partial charge is 0.507 e. The molecule has 0 bridgehead atoms. The second-order valence-electron chi connectivity index (χ2n) is 5.51. The molecule has 5 heteroatoms. The normalized spacial score (nSPS) is 11.8. The number of aryl methyl sites for hydroxylation is 1. The maximum Gasteiger partial charge on any atom is 0.125 e. The average molecular weight is 331 g/mol. The maximum absolute atomic E-state index is 10.3. The number of benzene rings is 3. The Labute approximate surface area is 145 Å². The number of hydrogen-bond acceptors (Lipinski definition) is 5. The van der Waals surface area contributed by atoms with Gasteiger partial charge in [0.1, 0.15) is 11.5 Å². The van der Waals surface area contributed by atoms with Gasteiger partial charge in [-0.25, -0.2) is 0 Å². The number of aromatic hydroxyl groups is 1. The second-order valence-corrected chi connectivity index (χ2v) is 5.51. The summed E-state index contributed by atoms with van der Waals surface area (Å²) in [7, 11) is 0. The summed E-state index contributed by atoms with van der Waals surface area (Å²) in [5.41, 5.74) is 3.45. The summed E-state index contributed by atoms with van der Waals surface area (Å²) in [6.45, 7) is 1.83. The van der Waals surface area contributed by atoms with Gasteiger partial charge >= 0.3 is 0 Å². The summed E-state index contributed by atoms with van der Waals surface area (Å²) in [4.78, 5) is 0. The van der Waals surface area contributed by atoms with Gasteiger partial charge in [-0.3, -0.25) is 0 Å². The van der Waals surface area contributed by atoms with Crippen LogP contribution in [0.4, 0.5) is 11.4 Å². The lowest BCUT2D eigenvalue weighted by Crippen LogP contribution is -2.04. The number of nitrogens with zero attached hydrogens (tertiary/aromatic N) is 3. The van der Waals surface area contributed by atoms with E-state index in [4.69, 9.17) is 0 Å². The van der Waals surface area contributed by atoms with Crippen LogP contribution in [0.1, 0.15) is 16.7 Å². The number of oxime groups is 1. The fraction of sp³-hybridized carbons (Fsp3) is 0.0500. The van der Waals surface area contributed by atoms with Crippen LogP contribution >= 0.6 is 0 Å². The van der Waals surface area contributed by atoms with Gasteiger partial charge in [-0.15, -0.1) is 0 Å². The Morgan fingerprint density at radius 1 is 0.840 bits per heavy atom. The Morgan fingerprint density at radius 2 is 1.48 bits per heavy atom. The van der Waals surface area contributed by atoms with E-state index in [0.29, 0.717) is 16.8 Å². The van der Waals surface area contributed by atoms with Crippen LogP contribution in [0.25, 0.3) is 0 Å². The molecule has 3 rings (SSSR count). The van der Waals surface area contributed by atoms with Gasteiger partial charge in [0, 0.05) is 11.1 Å². The van der Waals surface area contributed by atoms with Gasteiger partial charge in [-0.2, -0.15) is 10.2 Å². The molecule has 0 fully saturated rings. The third kappa shape index (κ3) is 3.72. The molecule has 2 N–H and O–H groups in total. The van der Waals surface area contributed by atoms with E-state index < -0.39 is 0 Å². The quantitative estimate of drug-likeness (QED) is 0.293. The smallest absolute Gasteiger partial charge is 0.125 e. The van der Waals surface area contributed by atoms with Crippen molar-refractivity contribution in [2.75, 3.05) is 0 Å². The lowest BCUT2D eigenvalue weighted by Gasteiger charge is -2.10. The van der Waals surface area contributed by atoms with Crippen LogP contribution in [0.3, 0.4) is 0 Å². The average Bonchev–Trinajstić information content (AvgIpc) is 2.65. The van der Waals surface area contributed by atoms with E-state index in [9.17, 15) is 10.3 Å². The number of azo groups is 1. The zero-order chi connectivity index (χ0) is 17.6. The minimum atomic E-state index is 0.0211. The minimum absolute atomic E-state index is 0.0211. The van der Waals surface area contributed by atoms with Crippen molar-refractivity contribution in [1.82, 2.24) is 0 Å². The third-order valence-electron chi connectivity index (χ3n) is 3.75. The molecule has 0 radical (unpaired) electrons. The molecule has 25 heavy (non-hydrogen) atoms. The molecule has 0 spiro atoms. The Kier molecular flexibility index (Phi) is 4.85. The van der Waals surface area contributed by atoms with Gasteiger partial charge in [-0.05, 0) is 36.8 Å². The van der Waals surface area contributed by atoms with Crippen LogP contribution in [-0.2, 0) is 0 Å². The maximum atomic E-state index is 10.3. The number of phenolic OH excluding ortho intramolecular Hbond substituents is 1. The summed E-state index contributed by atoms with van der Waals surface area (Å²) >= 11 is 0. The molecule has 124 valence electrons. The first kappa shape index (κ1) is 16.4. The van der Waals surface area contributed by atoms with E-state index in [1.165, 1.54) is 0 Å². The number of phenols is 1. The van der Waals surface area contributed by atoms with Crippen molar-refractivity contribution in [1.29, 1.82) is 0 Å². The Morgan fingerprint density at radius 3 is 2.12 bits per heavy atom. The minimum Gasteiger partial charge on any atom is -0.507 e. The molecule has 0 aliphatic rings. The SMILES string of the molecule is Cc1cc(O)c(C(=NO)c2ccccc2)cc1N=Nc1ccccc1. The zero-order valence-electron chi connectivity index (χ0n) is 13.7. The topological polar surface area (TPSA) is 77.5 Å². The molecule has 3 aromatic carbocycles. The van der Waals surface area contributed by atoms with Crippen molar-refractivity contribution in [3.8, 4) is 5.75 Å². The Balaban J connectivity index is 2.02. The first-order valence-electron chi connectivity index (χ1n) is 7.77. The summed E-state index contributed by atoms with van der Waals surface area (Å²) in [6.07, 6.45) is 0. The second kappa shape index (κ2) is 7.40. The standard InChI is InChI=1S/C20H17N3O2/c1-14-12-19(24)17(20(23-25)15-8-4-2-5-9-15)13-18(14)22-21-16-10-6-3-7-11-16/h2-13,24-25H,1H3. The van der Waals surface area contributed by atoms with Crippen LogP contribution in [0.15, 0.2) is 88.2 Å². The van der Waals surface area contributed by atoms with Crippen molar-refractivity contribution >= 4 is 17.1 Å². The predicted octanol–water partition coefficient (Wildman–Crippen LogP) is 5.34. The lowest BCUT2D eigenvalue weighted by atomic mass is 9.99. The number of rotatable bonds is 4. The first-order valence-corrected chi connectivity index (χ1v) is 7.77. The van der Waals surface area contributed by atoms with E-state index in [1.54, 1.807) is 24.3 Å². The fourth-order valence-electron chi connectivity index (χ4n) is 2.45. The van der Waals surface area contributed by atoms with E-state index in [1.807, 2.05) is 55.5 Å². The highest BCUT2D eigenvalue weighted by Gasteiger charge is 2.15. The summed E-state index contributed by atoms with van der Waals surface area (Å²) in [5, 5.41) is 31.6. The van der Waals surface area contributed by atoms with E-state index in [0.717, 1.165) is 11.3 Å². The molecule has 0 saturated heterocycles. The third-order valence-corrected chi connectivity index (χ3v) is 3.75. The number of hydrogen-bond donors (Lipinski definition) is 2. The van der Waals surface area contributed by atoms with E-state index in [-0.39, 0.29) is 11.5 Å². The van der Waals surface area contributed by atoms with Crippen molar-refractivity contribution in [2.45, 2.75) is 6.92 Å². The van der Waals surface area contributed by atoms with Crippen LogP contribution in [0.2, 0.25) is 0 Å². The summed E-state index contributed by atoms with van der Waals surface area (Å²) < 4.78 is 0. The van der Waals surface area contributed by atoms with E-state index in [2.05, 4.69) is 15.4 Å². The van der Waals surface area contributed by atoms with Gasteiger partial charge in [0.25, 0.3) is 0 Å². The molecule has 0 atom stereocenters. The van der Waals surface area contributed by atoms with Crippen molar-refractivity contribution in [2.24, 2.45) is 15.4 Å². The molecule has 5 nitrogen and oxygen atoms in total. The molecule has 0 aliphatic heterocycles. The van der Waals surface area contributed by atoms with Gasteiger partial charge < -0.3 is 10.3 Å². The molecule has 3 aromatic rings. The molecular formula is C20H17N3O2. The van der Waals surface area contributed by atoms with Crippen LogP contribution in [0, 0.1) is 6.92 Å². The Hall–Kier alpha value is -3.47. The molecule has 0 aliphatic carbocycles.